The van der Waals surface area contributed by atoms with Gasteiger partial charge in [0.05, 0.1) is 22.5 Å². The highest BCUT2D eigenvalue weighted by molar-refractivity contribution is 6.31. The van der Waals surface area contributed by atoms with Gasteiger partial charge in [-0.05, 0) is 24.6 Å². The number of nitrogens with one attached hydrogen (secondary N) is 1. The van der Waals surface area contributed by atoms with Crippen LogP contribution in [0.25, 0.3) is 11.1 Å². The molecule has 0 radical (unpaired) electrons. The Morgan fingerprint density at radius 3 is 2.77 bits per heavy atom. The predicted octanol–water partition coefficient (Wildman–Crippen LogP) is 3.03. The molecule has 0 aliphatic carbocycles. The third kappa shape index (κ3) is 3.45. The molecule has 0 saturated carbocycles. The lowest BCUT2D eigenvalue weighted by Gasteiger charge is -2.15. The maximum absolute atomic E-state index is 12.3. The zero-order valence-corrected chi connectivity index (χ0v) is 14.4. The summed E-state index contributed by atoms with van der Waals surface area (Å²) in [4.78, 5) is 34.5. The number of fused-ring (bicyclic) bond motifs is 1. The fraction of sp³-hybridized carbons (Fsp3) is 0.176. The van der Waals surface area contributed by atoms with Gasteiger partial charge in [0.15, 0.2) is 5.58 Å². The Morgan fingerprint density at radius 2 is 2.08 bits per heavy atom. The van der Waals surface area contributed by atoms with Crippen molar-refractivity contribution in [1.29, 1.82) is 0 Å². The Hall–Kier alpha value is -3.13. The number of rotatable bonds is 5. The van der Waals surface area contributed by atoms with Crippen molar-refractivity contribution in [1.82, 2.24) is 9.88 Å². The Kier molecular flexibility index (Phi) is 4.77. The number of aromatic nitrogens is 1. The van der Waals surface area contributed by atoms with Crippen LogP contribution >= 0.6 is 11.6 Å². The van der Waals surface area contributed by atoms with Crippen LogP contribution in [0.4, 0.5) is 5.69 Å². The summed E-state index contributed by atoms with van der Waals surface area (Å²) in [5, 5.41) is 14.1. The summed E-state index contributed by atoms with van der Waals surface area (Å²) in [6.45, 7) is 1.50. The maximum atomic E-state index is 12.3. The van der Waals surface area contributed by atoms with Crippen molar-refractivity contribution in [2.75, 3.05) is 0 Å². The first-order chi connectivity index (χ1) is 12.4. The Morgan fingerprint density at radius 1 is 1.35 bits per heavy atom. The Balaban J connectivity index is 1.81. The monoisotopic (exact) mass is 375 g/mol. The normalized spacial score (nSPS) is 12.1. The van der Waals surface area contributed by atoms with Crippen LogP contribution in [0.5, 0.6) is 0 Å². The number of halogens is 1. The van der Waals surface area contributed by atoms with Crippen LogP contribution in [0.3, 0.4) is 0 Å². The van der Waals surface area contributed by atoms with Crippen molar-refractivity contribution in [3.05, 3.63) is 73.7 Å². The fourth-order valence-electron chi connectivity index (χ4n) is 2.65. The third-order valence-electron chi connectivity index (χ3n) is 3.91. The highest BCUT2D eigenvalue weighted by atomic mass is 35.5. The van der Waals surface area contributed by atoms with Gasteiger partial charge in [-0.25, -0.2) is 4.79 Å². The second-order valence-corrected chi connectivity index (χ2v) is 6.08. The van der Waals surface area contributed by atoms with E-state index in [-0.39, 0.29) is 23.9 Å². The average molecular weight is 376 g/mol. The Labute approximate surface area is 152 Å². The van der Waals surface area contributed by atoms with E-state index in [0.717, 1.165) is 16.2 Å². The number of carbonyl (C=O) groups excluding carboxylic acids is 1. The molecule has 8 nitrogen and oxygen atoms in total. The molecule has 0 saturated heterocycles. The van der Waals surface area contributed by atoms with Gasteiger partial charge in [0.25, 0.3) is 5.69 Å². The Bertz CT molecular complexity index is 1060. The van der Waals surface area contributed by atoms with Crippen molar-refractivity contribution in [3.8, 4) is 0 Å². The number of nitrogens with zero attached hydrogens (tertiary/aromatic N) is 2. The molecule has 3 rings (SSSR count). The SMILES string of the molecule is CC(NC(=O)Cn1c(=O)oc2cc([N+](=O)[O-])ccc21)c1ccccc1Cl. The van der Waals surface area contributed by atoms with E-state index in [1.54, 1.807) is 25.1 Å². The van der Waals surface area contributed by atoms with Crippen molar-refractivity contribution in [2.45, 2.75) is 19.5 Å². The van der Waals surface area contributed by atoms with Crippen LogP contribution < -0.4 is 11.1 Å². The highest BCUT2D eigenvalue weighted by Crippen LogP contribution is 2.22. The zero-order valence-electron chi connectivity index (χ0n) is 13.6. The first-order valence-corrected chi connectivity index (χ1v) is 8.06. The van der Waals surface area contributed by atoms with E-state index >= 15 is 0 Å². The molecule has 0 aliphatic rings. The molecule has 1 unspecified atom stereocenters. The molecule has 3 aromatic rings. The summed E-state index contributed by atoms with van der Waals surface area (Å²) in [5.41, 5.74) is 0.912. The molecule has 1 heterocycles. The number of carbonyl (C=O) groups is 1. The van der Waals surface area contributed by atoms with Gasteiger partial charge in [0.2, 0.25) is 5.91 Å². The fourth-order valence-corrected chi connectivity index (χ4v) is 2.95. The minimum absolute atomic E-state index is 0.0520. The van der Waals surface area contributed by atoms with Crippen LogP contribution in [0.2, 0.25) is 5.02 Å². The van der Waals surface area contributed by atoms with Gasteiger partial charge >= 0.3 is 5.76 Å². The van der Waals surface area contributed by atoms with Crippen molar-refractivity contribution in [3.63, 3.8) is 0 Å². The summed E-state index contributed by atoms with van der Waals surface area (Å²) in [6.07, 6.45) is 0. The van der Waals surface area contributed by atoms with Gasteiger partial charge < -0.3 is 9.73 Å². The molecule has 0 spiro atoms. The molecular formula is C17H14ClN3O5. The molecule has 1 aromatic heterocycles. The molecule has 1 N–H and O–H groups in total. The van der Waals surface area contributed by atoms with Gasteiger partial charge in [-0.15, -0.1) is 0 Å². The summed E-state index contributed by atoms with van der Waals surface area (Å²) >= 11 is 6.11. The van der Waals surface area contributed by atoms with E-state index in [2.05, 4.69) is 5.32 Å². The van der Waals surface area contributed by atoms with Gasteiger partial charge in [0.1, 0.15) is 6.54 Å². The van der Waals surface area contributed by atoms with Gasteiger partial charge in [0, 0.05) is 11.1 Å². The number of oxazole rings is 1. The molecule has 0 bridgehead atoms. The molecule has 0 fully saturated rings. The number of hydrogen-bond acceptors (Lipinski definition) is 5. The molecule has 1 amide bonds. The lowest BCUT2D eigenvalue weighted by atomic mass is 10.1. The number of amides is 1. The van der Waals surface area contributed by atoms with E-state index in [4.69, 9.17) is 16.0 Å². The lowest BCUT2D eigenvalue weighted by molar-refractivity contribution is -0.384. The van der Waals surface area contributed by atoms with E-state index in [1.807, 2.05) is 6.07 Å². The summed E-state index contributed by atoms with van der Waals surface area (Å²) in [6, 6.07) is 10.5. The van der Waals surface area contributed by atoms with Crippen molar-refractivity contribution >= 4 is 34.3 Å². The zero-order chi connectivity index (χ0) is 18.8. The topological polar surface area (TPSA) is 107 Å². The molecule has 9 heteroatoms. The summed E-state index contributed by atoms with van der Waals surface area (Å²) < 4.78 is 6.12. The van der Waals surface area contributed by atoms with Crippen molar-refractivity contribution < 1.29 is 14.1 Å². The van der Waals surface area contributed by atoms with Crippen LogP contribution in [0, 0.1) is 10.1 Å². The first kappa shape index (κ1) is 17.7. The number of benzene rings is 2. The minimum atomic E-state index is -0.763. The van der Waals surface area contributed by atoms with E-state index in [9.17, 15) is 19.7 Å². The van der Waals surface area contributed by atoms with Gasteiger partial charge in [-0.2, -0.15) is 0 Å². The van der Waals surface area contributed by atoms with Crippen LogP contribution in [0.15, 0.2) is 51.7 Å². The van der Waals surface area contributed by atoms with Gasteiger partial charge in [-0.3, -0.25) is 19.5 Å². The maximum Gasteiger partial charge on any atom is 0.420 e. The molecular weight excluding hydrogens is 362 g/mol. The second-order valence-electron chi connectivity index (χ2n) is 5.67. The third-order valence-corrected chi connectivity index (χ3v) is 4.26. The van der Waals surface area contributed by atoms with Crippen LogP contribution in [-0.2, 0) is 11.3 Å². The summed E-state index contributed by atoms with van der Waals surface area (Å²) in [7, 11) is 0. The number of nitro benzene ring substituents is 1. The van der Waals surface area contributed by atoms with Crippen LogP contribution in [-0.4, -0.2) is 15.4 Å². The molecule has 0 aliphatic heterocycles. The number of nitro groups is 1. The predicted molar refractivity (Wildman–Crippen MR) is 95.1 cm³/mol. The standard InChI is InChI=1S/C17H14ClN3O5/c1-10(12-4-2-3-5-13(12)18)19-16(22)9-20-14-7-6-11(21(24)25)8-15(14)26-17(20)23/h2-8,10H,9H2,1H3,(H,19,22). The largest absolute Gasteiger partial charge is 0.420 e. The first-order valence-electron chi connectivity index (χ1n) is 7.68. The molecule has 134 valence electrons. The number of non-ortho nitro benzene ring substituents is 1. The quantitative estimate of drug-likeness (QED) is 0.544. The second kappa shape index (κ2) is 7.01. The van der Waals surface area contributed by atoms with Crippen molar-refractivity contribution in [2.24, 2.45) is 0 Å². The average Bonchev–Trinajstić information content (AvgIpc) is 2.89. The van der Waals surface area contributed by atoms with E-state index in [1.165, 1.54) is 12.1 Å². The number of hydrogen-bond donors (Lipinski definition) is 1. The lowest BCUT2D eigenvalue weighted by Crippen LogP contribution is -2.32. The minimum Gasteiger partial charge on any atom is -0.407 e. The van der Waals surface area contributed by atoms with E-state index in [0.29, 0.717) is 10.5 Å². The smallest absolute Gasteiger partial charge is 0.407 e. The highest BCUT2D eigenvalue weighted by Gasteiger charge is 2.18. The van der Waals surface area contributed by atoms with E-state index < -0.39 is 16.6 Å². The van der Waals surface area contributed by atoms with Gasteiger partial charge in [-0.1, -0.05) is 29.8 Å². The molecule has 2 aromatic carbocycles. The summed E-state index contributed by atoms with van der Waals surface area (Å²) in [5.74, 6) is -1.18. The van der Waals surface area contributed by atoms with Crippen LogP contribution in [0.1, 0.15) is 18.5 Å². The molecule has 26 heavy (non-hydrogen) atoms. The molecule has 1 atom stereocenters.